The molecule has 0 spiro atoms. The van der Waals surface area contributed by atoms with E-state index in [2.05, 4.69) is 15.6 Å². The lowest BCUT2D eigenvalue weighted by molar-refractivity contribution is -0.000683. The predicted octanol–water partition coefficient (Wildman–Crippen LogP) is 2.64. The lowest BCUT2D eigenvalue weighted by Crippen LogP contribution is -2.28. The Balaban J connectivity index is 1.76. The van der Waals surface area contributed by atoms with Crippen LogP contribution in [0.1, 0.15) is 11.3 Å². The second kappa shape index (κ2) is 9.91. The number of benzene rings is 1. The second-order valence-electron chi connectivity index (χ2n) is 5.05. The number of amides is 2. The number of nitrogens with one attached hydrogen (secondary N) is 2. The number of rotatable bonds is 8. The molecule has 0 aliphatic carbocycles. The molecule has 25 heavy (non-hydrogen) atoms. The Morgan fingerprint density at radius 1 is 1.36 bits per heavy atom. The normalized spacial score (nSPS) is 12.0. The minimum Gasteiger partial charge on any atom is -0.394 e. The van der Waals surface area contributed by atoms with Crippen LogP contribution in [-0.4, -0.2) is 40.5 Å². The van der Waals surface area contributed by atoms with Gasteiger partial charge in [0.2, 0.25) is 0 Å². The molecule has 1 aromatic carbocycles. The SMILES string of the molecule is O=C(NCc1ccc(Cl)c(Cl)c1)Nc1nc(COCC(O)CO)cs1. The molecule has 0 bridgehead atoms. The van der Waals surface area contributed by atoms with Gasteiger partial charge in [0.15, 0.2) is 5.13 Å². The number of hydrogen-bond acceptors (Lipinski definition) is 6. The Labute approximate surface area is 158 Å². The van der Waals surface area contributed by atoms with Crippen LogP contribution in [0, 0.1) is 0 Å². The number of aliphatic hydroxyl groups is 2. The fourth-order valence-corrected chi connectivity index (χ4v) is 2.77. The van der Waals surface area contributed by atoms with Gasteiger partial charge in [-0.2, -0.15) is 0 Å². The predicted molar refractivity (Wildman–Crippen MR) is 97.2 cm³/mol. The quantitative estimate of drug-likeness (QED) is 0.540. The van der Waals surface area contributed by atoms with E-state index in [0.29, 0.717) is 27.4 Å². The van der Waals surface area contributed by atoms with Gasteiger partial charge in [-0.3, -0.25) is 5.32 Å². The summed E-state index contributed by atoms with van der Waals surface area (Å²) in [5, 5.41) is 26.2. The lowest BCUT2D eigenvalue weighted by Gasteiger charge is -2.07. The topological polar surface area (TPSA) is 104 Å². The van der Waals surface area contributed by atoms with E-state index in [1.165, 1.54) is 11.3 Å². The molecular weight excluding hydrogens is 389 g/mol. The summed E-state index contributed by atoms with van der Waals surface area (Å²) in [5.74, 6) is 0. The molecule has 4 N–H and O–H groups in total. The number of thiazole rings is 1. The molecule has 2 amide bonds. The Bertz CT molecular complexity index is 714. The Morgan fingerprint density at radius 2 is 2.16 bits per heavy atom. The van der Waals surface area contributed by atoms with Crippen LogP contribution in [0.15, 0.2) is 23.6 Å². The largest absolute Gasteiger partial charge is 0.394 e. The number of anilines is 1. The number of ether oxygens (including phenoxy) is 1. The van der Waals surface area contributed by atoms with E-state index in [9.17, 15) is 9.90 Å². The summed E-state index contributed by atoms with van der Waals surface area (Å²) in [6.07, 6.45) is -0.914. The van der Waals surface area contributed by atoms with Gasteiger partial charge in [-0.15, -0.1) is 11.3 Å². The maximum atomic E-state index is 11.9. The van der Waals surface area contributed by atoms with Crippen molar-refractivity contribution in [2.45, 2.75) is 19.3 Å². The third-order valence-electron chi connectivity index (χ3n) is 2.98. The fraction of sp³-hybridized carbons (Fsp3) is 0.333. The zero-order valence-corrected chi connectivity index (χ0v) is 15.4. The second-order valence-corrected chi connectivity index (χ2v) is 6.72. The highest BCUT2D eigenvalue weighted by Crippen LogP contribution is 2.22. The van der Waals surface area contributed by atoms with Crippen molar-refractivity contribution in [3.8, 4) is 0 Å². The first-order valence-electron chi connectivity index (χ1n) is 7.27. The summed E-state index contributed by atoms with van der Waals surface area (Å²) < 4.78 is 5.20. The number of nitrogens with zero attached hydrogens (tertiary/aromatic N) is 1. The molecule has 0 fully saturated rings. The first kappa shape index (κ1) is 19.9. The number of urea groups is 1. The molecule has 136 valence electrons. The number of halogens is 2. The van der Waals surface area contributed by atoms with Crippen molar-refractivity contribution in [2.75, 3.05) is 18.5 Å². The highest BCUT2D eigenvalue weighted by Gasteiger charge is 2.08. The van der Waals surface area contributed by atoms with Crippen LogP contribution >= 0.6 is 34.5 Å². The molecule has 0 aliphatic rings. The molecule has 0 radical (unpaired) electrons. The molecule has 0 saturated heterocycles. The molecule has 10 heteroatoms. The molecule has 1 aromatic heterocycles. The number of hydrogen-bond donors (Lipinski definition) is 4. The van der Waals surface area contributed by atoms with E-state index in [1.54, 1.807) is 23.6 Å². The average Bonchev–Trinajstić information content (AvgIpc) is 3.03. The Morgan fingerprint density at radius 3 is 2.88 bits per heavy atom. The van der Waals surface area contributed by atoms with Crippen LogP contribution in [0.4, 0.5) is 9.93 Å². The molecule has 1 unspecified atom stereocenters. The molecular formula is C15H17Cl2N3O4S. The van der Waals surface area contributed by atoms with Crippen molar-refractivity contribution in [3.05, 3.63) is 44.9 Å². The minimum absolute atomic E-state index is 0.0148. The number of carbonyl (C=O) groups is 1. The maximum absolute atomic E-state index is 11.9. The van der Waals surface area contributed by atoms with Gasteiger partial charge in [0, 0.05) is 11.9 Å². The van der Waals surface area contributed by atoms with E-state index < -0.39 is 12.1 Å². The molecule has 2 aromatic rings. The third-order valence-corrected chi connectivity index (χ3v) is 4.53. The Kier molecular flexibility index (Phi) is 7.89. The van der Waals surface area contributed by atoms with Gasteiger partial charge in [0.1, 0.15) is 6.10 Å². The summed E-state index contributed by atoms with van der Waals surface area (Å²) >= 11 is 13.0. The van der Waals surface area contributed by atoms with Gasteiger partial charge in [0.05, 0.1) is 35.6 Å². The zero-order valence-electron chi connectivity index (χ0n) is 13.0. The van der Waals surface area contributed by atoms with Gasteiger partial charge < -0.3 is 20.3 Å². The van der Waals surface area contributed by atoms with Gasteiger partial charge in [-0.05, 0) is 17.7 Å². The molecule has 0 saturated carbocycles. The van der Waals surface area contributed by atoms with E-state index in [1.807, 2.05) is 0 Å². The monoisotopic (exact) mass is 405 g/mol. The van der Waals surface area contributed by atoms with E-state index >= 15 is 0 Å². The smallest absolute Gasteiger partial charge is 0.321 e. The first-order valence-corrected chi connectivity index (χ1v) is 8.91. The van der Waals surface area contributed by atoms with Crippen molar-refractivity contribution in [2.24, 2.45) is 0 Å². The number of carbonyl (C=O) groups excluding carboxylic acids is 1. The van der Waals surface area contributed by atoms with Crippen LogP contribution in [0.3, 0.4) is 0 Å². The molecule has 1 heterocycles. The zero-order chi connectivity index (χ0) is 18.2. The van der Waals surface area contributed by atoms with Gasteiger partial charge in [-0.25, -0.2) is 9.78 Å². The van der Waals surface area contributed by atoms with Crippen molar-refractivity contribution in [1.29, 1.82) is 0 Å². The van der Waals surface area contributed by atoms with Crippen molar-refractivity contribution < 1.29 is 19.7 Å². The molecule has 1 atom stereocenters. The van der Waals surface area contributed by atoms with E-state index in [-0.39, 0.29) is 19.8 Å². The highest BCUT2D eigenvalue weighted by molar-refractivity contribution is 7.13. The summed E-state index contributed by atoms with van der Waals surface area (Å²) in [6.45, 7) is 0.132. The number of aliphatic hydroxyl groups excluding tert-OH is 2. The van der Waals surface area contributed by atoms with Crippen LogP contribution < -0.4 is 10.6 Å². The van der Waals surface area contributed by atoms with Crippen LogP contribution in [0.2, 0.25) is 10.0 Å². The third kappa shape index (κ3) is 6.77. The summed E-state index contributed by atoms with van der Waals surface area (Å²) in [7, 11) is 0. The molecule has 0 aliphatic heterocycles. The fourth-order valence-electron chi connectivity index (χ4n) is 1.76. The van der Waals surface area contributed by atoms with Gasteiger partial charge in [0.25, 0.3) is 0 Å². The Hall–Kier alpha value is -1.42. The average molecular weight is 406 g/mol. The highest BCUT2D eigenvalue weighted by atomic mass is 35.5. The van der Waals surface area contributed by atoms with Crippen LogP contribution in [0.25, 0.3) is 0 Å². The maximum Gasteiger partial charge on any atom is 0.321 e. The van der Waals surface area contributed by atoms with Crippen LogP contribution in [-0.2, 0) is 17.9 Å². The first-order chi connectivity index (χ1) is 12.0. The summed E-state index contributed by atoms with van der Waals surface area (Å²) in [6, 6.07) is 4.72. The standard InChI is InChI=1S/C15H17Cl2N3O4S/c16-12-2-1-9(3-13(12)17)4-18-14(23)20-15-19-10(8-25-15)6-24-7-11(22)5-21/h1-3,8,11,21-22H,4-7H2,(H2,18,19,20,23). The van der Waals surface area contributed by atoms with E-state index in [4.69, 9.17) is 33.0 Å². The van der Waals surface area contributed by atoms with E-state index in [0.717, 1.165) is 5.56 Å². The van der Waals surface area contributed by atoms with Crippen molar-refractivity contribution in [1.82, 2.24) is 10.3 Å². The molecule has 2 rings (SSSR count). The van der Waals surface area contributed by atoms with Crippen LogP contribution in [0.5, 0.6) is 0 Å². The summed E-state index contributed by atoms with van der Waals surface area (Å²) in [4.78, 5) is 16.1. The van der Waals surface area contributed by atoms with Crippen molar-refractivity contribution >= 4 is 45.7 Å². The number of aromatic nitrogens is 1. The summed E-state index contributed by atoms with van der Waals surface area (Å²) in [5.41, 5.74) is 1.44. The lowest BCUT2D eigenvalue weighted by atomic mass is 10.2. The molecule has 7 nitrogen and oxygen atoms in total. The minimum atomic E-state index is -0.914. The van der Waals surface area contributed by atoms with Gasteiger partial charge >= 0.3 is 6.03 Å². The van der Waals surface area contributed by atoms with Gasteiger partial charge in [-0.1, -0.05) is 29.3 Å². The van der Waals surface area contributed by atoms with Crippen molar-refractivity contribution in [3.63, 3.8) is 0 Å².